The van der Waals surface area contributed by atoms with Crippen molar-refractivity contribution in [1.82, 2.24) is 0 Å². The zero-order chi connectivity index (χ0) is 12.8. The maximum atomic E-state index is 4.13. The van der Waals surface area contributed by atoms with E-state index in [9.17, 15) is 0 Å². The van der Waals surface area contributed by atoms with Gasteiger partial charge >= 0.3 is 0 Å². The van der Waals surface area contributed by atoms with Crippen molar-refractivity contribution in [2.45, 2.75) is 12.1 Å². The van der Waals surface area contributed by atoms with Crippen molar-refractivity contribution in [3.8, 4) is 0 Å². The van der Waals surface area contributed by atoms with Crippen LogP contribution < -0.4 is 0 Å². The van der Waals surface area contributed by atoms with Crippen molar-refractivity contribution in [2.24, 2.45) is 0 Å². The van der Waals surface area contributed by atoms with Crippen LogP contribution in [0.25, 0.3) is 0 Å². The van der Waals surface area contributed by atoms with E-state index in [1.54, 1.807) is 0 Å². The van der Waals surface area contributed by atoms with Crippen LogP contribution in [0.5, 0.6) is 0 Å². The number of rotatable bonds is 5. The zero-order valence-electron chi connectivity index (χ0n) is 10.4. The third kappa shape index (κ3) is 3.97. The Morgan fingerprint density at radius 2 is 1.22 bits per heavy atom. The third-order valence-corrected chi connectivity index (χ3v) is 7.85. The molecule has 0 N–H and O–H groups in total. The second-order valence-electron chi connectivity index (χ2n) is 4.52. The first kappa shape index (κ1) is 13.3. The highest BCUT2D eigenvalue weighted by molar-refractivity contribution is 9.12. The molecule has 0 bridgehead atoms. The molecule has 0 aliphatic carbocycles. The number of benzene rings is 2. The maximum Gasteiger partial charge on any atom is 0.0876 e. The van der Waals surface area contributed by atoms with E-state index >= 15 is 0 Å². The molecule has 0 saturated heterocycles. The summed E-state index contributed by atoms with van der Waals surface area (Å²) in [5, 5.41) is 0. The molecule has 0 unspecified atom stereocenters. The quantitative estimate of drug-likeness (QED) is 0.724. The third-order valence-electron chi connectivity index (χ3n) is 3.09. The fraction of sp³-hybridized carbons (Fsp3) is 0.125. The van der Waals surface area contributed by atoms with Crippen molar-refractivity contribution >= 4 is 24.7 Å². The van der Waals surface area contributed by atoms with E-state index in [1.807, 2.05) is 0 Å². The Morgan fingerprint density at radius 3 is 1.56 bits per heavy atom. The van der Waals surface area contributed by atoms with Crippen LogP contribution in [0.1, 0.15) is 11.1 Å². The second kappa shape index (κ2) is 6.71. The van der Waals surface area contributed by atoms with Crippen molar-refractivity contribution in [3.05, 3.63) is 82.5 Å². The topological polar surface area (TPSA) is 0 Å². The molecule has 0 atom stereocenters. The largest absolute Gasteiger partial charge is 0.0933 e. The molecule has 0 saturated carbocycles. The monoisotopic (exact) mass is 316 g/mol. The van der Waals surface area contributed by atoms with Crippen molar-refractivity contribution < 1.29 is 0 Å². The van der Waals surface area contributed by atoms with Gasteiger partial charge in [0.15, 0.2) is 0 Å². The summed E-state index contributed by atoms with van der Waals surface area (Å²) in [6.45, 7) is 4.13. The Morgan fingerprint density at radius 1 is 0.833 bits per heavy atom. The van der Waals surface area contributed by atoms with E-state index in [4.69, 9.17) is 0 Å². The standard InChI is InChI=1S/C16H17BrSi/c1-14(17)18(12-15-8-4-2-5-9-15)13-16-10-6-3-7-11-16/h2-11,18H,1,12-13H2. The highest BCUT2D eigenvalue weighted by atomic mass is 79.9. The normalized spacial score (nSPS) is 10.6. The highest BCUT2D eigenvalue weighted by Gasteiger charge is 2.14. The van der Waals surface area contributed by atoms with Crippen LogP contribution in [0, 0.1) is 0 Å². The Hall–Kier alpha value is -1.12. The fourth-order valence-electron chi connectivity index (χ4n) is 2.09. The molecule has 0 radical (unpaired) electrons. The molecular weight excluding hydrogens is 300 g/mol. The number of hydrogen-bond donors (Lipinski definition) is 0. The summed E-state index contributed by atoms with van der Waals surface area (Å²) < 4.78 is 1.22. The summed E-state index contributed by atoms with van der Waals surface area (Å²) in [4.78, 5) is 0. The smallest absolute Gasteiger partial charge is 0.0876 e. The van der Waals surface area contributed by atoms with Gasteiger partial charge in [-0.2, -0.15) is 0 Å². The summed E-state index contributed by atoms with van der Waals surface area (Å²) in [5.74, 6) is 0. The zero-order valence-corrected chi connectivity index (χ0v) is 13.1. The van der Waals surface area contributed by atoms with Crippen LogP contribution in [0.15, 0.2) is 71.3 Å². The van der Waals surface area contributed by atoms with Gasteiger partial charge in [-0.3, -0.25) is 0 Å². The molecule has 2 aromatic rings. The van der Waals surface area contributed by atoms with Gasteiger partial charge in [0.1, 0.15) is 0 Å². The van der Waals surface area contributed by atoms with E-state index in [1.165, 1.54) is 27.3 Å². The average Bonchev–Trinajstić information content (AvgIpc) is 2.40. The molecule has 0 nitrogen and oxygen atoms in total. The maximum absolute atomic E-state index is 4.13. The van der Waals surface area contributed by atoms with Gasteiger partial charge in [-0.25, -0.2) is 0 Å². The summed E-state index contributed by atoms with van der Waals surface area (Å²) in [6.07, 6.45) is 0. The minimum Gasteiger partial charge on any atom is -0.0933 e. The lowest BCUT2D eigenvalue weighted by atomic mass is 10.2. The first-order valence-corrected chi connectivity index (χ1v) is 9.18. The molecule has 2 heteroatoms. The molecule has 0 heterocycles. The van der Waals surface area contributed by atoms with Gasteiger partial charge in [0.2, 0.25) is 0 Å². The lowest BCUT2D eigenvalue weighted by Gasteiger charge is -2.14. The van der Waals surface area contributed by atoms with Gasteiger partial charge in [-0.05, 0) is 16.2 Å². The molecule has 0 fully saturated rings. The first-order valence-electron chi connectivity index (χ1n) is 6.18. The number of halogens is 1. The van der Waals surface area contributed by atoms with Crippen LogP contribution in [0.3, 0.4) is 0 Å². The van der Waals surface area contributed by atoms with Crippen LogP contribution in [-0.2, 0) is 12.1 Å². The highest BCUT2D eigenvalue weighted by Crippen LogP contribution is 2.16. The van der Waals surface area contributed by atoms with Gasteiger partial charge in [-0.15, -0.1) is 0 Å². The Bertz CT molecular complexity index is 452. The lowest BCUT2D eigenvalue weighted by molar-refractivity contribution is 1.27. The summed E-state index contributed by atoms with van der Waals surface area (Å²) in [6, 6.07) is 23.8. The summed E-state index contributed by atoms with van der Waals surface area (Å²) in [5.41, 5.74) is 2.84. The van der Waals surface area contributed by atoms with Gasteiger partial charge in [0.25, 0.3) is 0 Å². The minimum absolute atomic E-state index is 1.04. The van der Waals surface area contributed by atoms with Crippen LogP contribution >= 0.6 is 15.9 Å². The van der Waals surface area contributed by atoms with Crippen LogP contribution in [0.4, 0.5) is 0 Å². The fourth-order valence-corrected chi connectivity index (χ4v) is 5.33. The lowest BCUT2D eigenvalue weighted by Crippen LogP contribution is -2.21. The van der Waals surface area contributed by atoms with E-state index in [2.05, 4.69) is 83.2 Å². The van der Waals surface area contributed by atoms with Crippen molar-refractivity contribution in [2.75, 3.05) is 0 Å². The average molecular weight is 317 g/mol. The predicted molar refractivity (Wildman–Crippen MR) is 85.5 cm³/mol. The molecule has 0 amide bonds. The molecule has 92 valence electrons. The molecule has 0 aromatic heterocycles. The van der Waals surface area contributed by atoms with Crippen LogP contribution in [0.2, 0.25) is 0 Å². The first-order chi connectivity index (χ1) is 8.75. The van der Waals surface area contributed by atoms with Gasteiger partial charge in [0.05, 0.1) is 8.80 Å². The Labute approximate surface area is 119 Å². The predicted octanol–water partition coefficient (Wildman–Crippen LogP) is 4.23. The van der Waals surface area contributed by atoms with Crippen molar-refractivity contribution in [3.63, 3.8) is 0 Å². The second-order valence-corrected chi connectivity index (χ2v) is 9.29. The van der Waals surface area contributed by atoms with E-state index in [0.29, 0.717) is 0 Å². The minimum atomic E-state index is -1.04. The Kier molecular flexibility index (Phi) is 4.97. The molecule has 18 heavy (non-hydrogen) atoms. The molecular formula is C16H17BrSi. The van der Waals surface area contributed by atoms with Crippen LogP contribution in [-0.4, -0.2) is 8.80 Å². The van der Waals surface area contributed by atoms with Gasteiger partial charge in [-0.1, -0.05) is 94.3 Å². The molecule has 0 aliphatic heterocycles. The summed E-state index contributed by atoms with van der Waals surface area (Å²) >= 11 is 3.62. The Balaban J connectivity index is 2.08. The van der Waals surface area contributed by atoms with Gasteiger partial charge < -0.3 is 0 Å². The molecule has 2 rings (SSSR count). The van der Waals surface area contributed by atoms with E-state index < -0.39 is 8.80 Å². The van der Waals surface area contributed by atoms with Crippen molar-refractivity contribution in [1.29, 1.82) is 0 Å². The van der Waals surface area contributed by atoms with E-state index in [0.717, 1.165) is 0 Å². The number of hydrogen-bond acceptors (Lipinski definition) is 0. The molecule has 2 aromatic carbocycles. The molecule has 0 aliphatic rings. The van der Waals surface area contributed by atoms with Gasteiger partial charge in [0, 0.05) is 0 Å². The SMILES string of the molecule is C=C(Br)[SiH](Cc1ccccc1)Cc1ccccc1. The molecule has 0 spiro atoms. The van der Waals surface area contributed by atoms with E-state index in [-0.39, 0.29) is 0 Å². The summed E-state index contributed by atoms with van der Waals surface area (Å²) in [7, 11) is -1.04.